The fraction of sp³-hybridized carbons (Fsp3) is 0.287. The molecule has 13 aromatic rings. The van der Waals surface area contributed by atoms with E-state index in [0.717, 1.165) is 119 Å². The van der Waals surface area contributed by atoms with Crippen LogP contribution in [0.25, 0.3) is 38.8 Å². The topological polar surface area (TPSA) is 289 Å². The van der Waals surface area contributed by atoms with E-state index < -0.39 is 42.0 Å². The molecule has 3 amide bonds. The standard InChI is InChI=1S/C35H38F3N7O2.C30H27FN6O.C29H26F3N5O/c1-22-3-4-24(34(47)42-27-8-7-25(30(18-27)35(36,37)38)19-44-15-13-43(2)14-16-44)17-23(22)5-6-26-20-45(28-9-11-29(46)12-10-28)33-31(26)32(39)40-21-41-33;1-4-36-17-23(27-28(32)33-18-34-29(27)36)7-6-22-13-25(8-5-20(22)3)35-30(38)24-11-21(15-31)12-26(14-24)37-10-9-19(2)16-37;1-17-8-12-22(36-28(38)20-9-7-18(2)24(14-20)29(30,31)32)13-19(17)10-11-21-15-37(23-5-3-4-6-23)27-25(21)26(33)34-16-35-27/h3-4,7-8,17-18,20-21,28-29,46H,9-16,19H2,1-2H3,(H,42,47)(H2,39,40,41);5,8-14,16-18H,4,15H2,1-3H3,(H,35,38)(H2,32,33,34);7-9,12-16,23H,3-6H2,1-2H3,(H,36,38)(H2,33,34,35). The number of anilines is 6. The first kappa shape index (κ1) is 85.7. The molecule has 2 aliphatic carbocycles. The number of aliphatic hydroxyl groups is 1. The van der Waals surface area contributed by atoms with Crippen molar-refractivity contribution in [3.05, 3.63) is 265 Å². The summed E-state index contributed by atoms with van der Waals surface area (Å²) in [5.74, 6) is 18.7. The molecule has 0 radical (unpaired) electrons. The van der Waals surface area contributed by atoms with Crippen LogP contribution in [0.2, 0.25) is 0 Å². The number of halogens is 7. The number of likely N-dealkylation sites (N-methyl/N-ethyl adjacent to an activating group) is 1. The van der Waals surface area contributed by atoms with Gasteiger partial charge in [-0.05, 0) is 211 Å². The Kier molecular flexibility index (Phi) is 25.6. The molecule has 0 bridgehead atoms. The third kappa shape index (κ3) is 19.9. The van der Waals surface area contributed by atoms with E-state index >= 15 is 0 Å². The van der Waals surface area contributed by atoms with Crippen LogP contribution in [-0.2, 0) is 32.1 Å². The highest BCUT2D eigenvalue weighted by Crippen LogP contribution is 2.40. The number of rotatable bonds is 13. The van der Waals surface area contributed by atoms with Crippen LogP contribution in [0.3, 0.4) is 0 Å². The molecule has 7 aromatic heterocycles. The van der Waals surface area contributed by atoms with Crippen molar-refractivity contribution < 1.29 is 50.2 Å². The monoisotopic (exact) mass is 1670 g/mol. The molecular weight excluding hydrogens is 1580 g/mol. The van der Waals surface area contributed by atoms with Crippen LogP contribution in [0.5, 0.6) is 0 Å². The molecular formula is C94H91F7N18O4. The first-order valence-electron chi connectivity index (χ1n) is 40.4. The summed E-state index contributed by atoms with van der Waals surface area (Å²) < 4.78 is 104. The van der Waals surface area contributed by atoms with Gasteiger partial charge in [-0.15, -0.1) is 0 Å². The van der Waals surface area contributed by atoms with Crippen molar-refractivity contribution in [1.29, 1.82) is 0 Å². The summed E-state index contributed by atoms with van der Waals surface area (Å²) in [6, 6.07) is 30.8. The minimum Gasteiger partial charge on any atom is -0.393 e. The molecule has 1 aliphatic heterocycles. The highest BCUT2D eigenvalue weighted by atomic mass is 19.4. The lowest BCUT2D eigenvalue weighted by Crippen LogP contribution is -2.44. The number of aryl methyl sites for hydroxylation is 6. The number of hydrogen-bond acceptors (Lipinski definition) is 15. The van der Waals surface area contributed by atoms with Crippen molar-refractivity contribution in [2.75, 3.05) is 66.4 Å². The molecule has 3 fully saturated rings. The normalized spacial score (nSPS) is 15.0. The van der Waals surface area contributed by atoms with E-state index in [1.165, 1.54) is 63.0 Å². The van der Waals surface area contributed by atoms with Gasteiger partial charge in [-0.1, -0.05) is 78.7 Å². The van der Waals surface area contributed by atoms with E-state index in [2.05, 4.69) is 95.4 Å². The van der Waals surface area contributed by atoms with E-state index in [1.807, 2.05) is 111 Å². The number of nitrogens with one attached hydrogen (secondary N) is 3. The lowest BCUT2D eigenvalue weighted by atomic mass is 9.93. The Bertz CT molecular complexity index is 6400. The van der Waals surface area contributed by atoms with Gasteiger partial charge in [0, 0.05) is 138 Å². The minimum atomic E-state index is -4.56. The molecule has 29 heteroatoms. The Morgan fingerprint density at radius 3 is 1.45 bits per heavy atom. The molecule has 6 aromatic carbocycles. The first-order chi connectivity index (χ1) is 58.9. The second kappa shape index (κ2) is 36.7. The molecule has 2 saturated carbocycles. The Hall–Kier alpha value is -13.7. The third-order valence-electron chi connectivity index (χ3n) is 22.6. The van der Waals surface area contributed by atoms with E-state index in [4.69, 9.17) is 17.2 Å². The Labute approximate surface area is 706 Å². The van der Waals surface area contributed by atoms with E-state index in [0.29, 0.717) is 105 Å². The van der Waals surface area contributed by atoms with Crippen LogP contribution in [0.4, 0.5) is 65.2 Å². The summed E-state index contributed by atoms with van der Waals surface area (Å²) in [5.41, 5.74) is 30.1. The largest absolute Gasteiger partial charge is 0.416 e. The first-order valence-corrected chi connectivity index (χ1v) is 40.4. The van der Waals surface area contributed by atoms with Crippen LogP contribution in [0, 0.1) is 70.1 Å². The van der Waals surface area contributed by atoms with Crippen molar-refractivity contribution in [3.63, 3.8) is 0 Å². The van der Waals surface area contributed by atoms with Crippen LogP contribution in [0.1, 0.15) is 185 Å². The lowest BCUT2D eigenvalue weighted by Gasteiger charge is -2.33. The van der Waals surface area contributed by atoms with Gasteiger partial charge < -0.3 is 61.4 Å². The van der Waals surface area contributed by atoms with Crippen LogP contribution >= 0.6 is 0 Å². The van der Waals surface area contributed by atoms with Crippen LogP contribution < -0.4 is 33.2 Å². The second-order valence-corrected chi connectivity index (χ2v) is 31.3. The minimum absolute atomic E-state index is 0.0577. The lowest BCUT2D eigenvalue weighted by molar-refractivity contribution is -0.139. The molecule has 123 heavy (non-hydrogen) atoms. The number of nitrogen functional groups attached to an aromatic ring is 3. The van der Waals surface area contributed by atoms with E-state index in [1.54, 1.807) is 54.6 Å². The predicted octanol–water partition coefficient (Wildman–Crippen LogP) is 17.2. The summed E-state index contributed by atoms with van der Waals surface area (Å²) in [6.45, 7) is 14.3. The maximum Gasteiger partial charge on any atom is 0.416 e. The zero-order valence-electron chi connectivity index (χ0n) is 68.8. The zero-order chi connectivity index (χ0) is 87.1. The number of amides is 3. The highest BCUT2D eigenvalue weighted by molar-refractivity contribution is 6.06. The highest BCUT2D eigenvalue weighted by Gasteiger charge is 2.36. The number of nitrogens with zero attached hydrogens (tertiary/aromatic N) is 12. The van der Waals surface area contributed by atoms with E-state index in [9.17, 15) is 50.2 Å². The predicted molar refractivity (Wildman–Crippen MR) is 464 cm³/mol. The maximum atomic E-state index is 14.1. The number of nitrogens with two attached hydrogens (primary N) is 3. The fourth-order valence-corrected chi connectivity index (χ4v) is 15.6. The number of aromatic nitrogens is 10. The van der Waals surface area contributed by atoms with Crippen molar-refractivity contribution in [2.24, 2.45) is 0 Å². The quantitative estimate of drug-likeness (QED) is 0.0417. The number of alkyl halides is 7. The average molecular weight is 1670 g/mol. The molecule has 22 nitrogen and oxygen atoms in total. The van der Waals surface area contributed by atoms with E-state index in [-0.39, 0.29) is 52.5 Å². The number of carbonyl (C=O) groups excluding carboxylic acids is 3. The molecule has 8 heterocycles. The number of aliphatic hydroxyl groups excluding tert-OH is 1. The molecule has 10 N–H and O–H groups in total. The van der Waals surface area contributed by atoms with Gasteiger partial charge in [0.05, 0.1) is 50.1 Å². The Morgan fingerprint density at radius 1 is 0.480 bits per heavy atom. The van der Waals surface area contributed by atoms with Crippen molar-refractivity contribution >= 4 is 85.3 Å². The molecule has 3 aliphatic rings. The molecule has 1 saturated heterocycles. The molecule has 630 valence electrons. The average Bonchev–Trinajstić information content (AvgIpc) is 1.62. The van der Waals surface area contributed by atoms with Gasteiger partial charge in [0.15, 0.2) is 0 Å². The second-order valence-electron chi connectivity index (χ2n) is 31.3. The fourth-order valence-electron chi connectivity index (χ4n) is 15.6. The van der Waals surface area contributed by atoms with Gasteiger partial charge in [-0.2, -0.15) is 26.3 Å². The summed E-state index contributed by atoms with van der Waals surface area (Å²) in [5, 5.41) is 20.3. The summed E-state index contributed by atoms with van der Waals surface area (Å²) >= 11 is 0. The van der Waals surface area contributed by atoms with Gasteiger partial charge in [0.1, 0.15) is 60.1 Å². The number of carbonyl (C=O) groups is 3. The van der Waals surface area contributed by atoms with Gasteiger partial charge in [-0.3, -0.25) is 19.3 Å². The van der Waals surface area contributed by atoms with Crippen molar-refractivity contribution in [3.8, 4) is 41.2 Å². The smallest absolute Gasteiger partial charge is 0.393 e. The van der Waals surface area contributed by atoms with Gasteiger partial charge in [-0.25, -0.2) is 34.3 Å². The maximum absolute atomic E-state index is 14.1. The number of hydrogen-bond donors (Lipinski definition) is 7. The van der Waals surface area contributed by atoms with Gasteiger partial charge >= 0.3 is 12.4 Å². The van der Waals surface area contributed by atoms with Crippen LogP contribution in [0.15, 0.2) is 165 Å². The zero-order valence-corrected chi connectivity index (χ0v) is 68.8. The van der Waals surface area contributed by atoms with Gasteiger partial charge in [0.25, 0.3) is 17.7 Å². The SMILES string of the molecule is CCn1cc(C#Cc2cc(NC(=O)c3cc(CF)cc(-n4ccc(C)c4)c3)ccc2C)c2c(N)ncnc21.Cc1ccc(C(=O)Nc2ccc(CN3CCN(C)CC3)c(C(F)(F)F)c2)cc1C#Cc1cn(C2CCC(O)CC2)c2ncnc(N)c12.Cc1ccc(NC(=O)c2ccc(C)c(C(F)(F)F)c2)cc1C#Cc1cn(C2CCCC2)c2ncnc(N)c12. The molecule has 0 atom stereocenters. The van der Waals surface area contributed by atoms with Crippen molar-refractivity contribution in [1.82, 2.24) is 58.0 Å². The number of benzene rings is 6. The molecule has 16 rings (SSSR count). The number of fused-ring (bicyclic) bond motifs is 3. The van der Waals surface area contributed by atoms with Crippen LogP contribution in [-0.4, -0.2) is 120 Å². The molecule has 0 spiro atoms. The van der Waals surface area contributed by atoms with Crippen molar-refractivity contribution in [2.45, 2.75) is 143 Å². The molecule has 0 unspecified atom stereocenters. The summed E-state index contributed by atoms with van der Waals surface area (Å²) in [4.78, 5) is 69.1. The summed E-state index contributed by atoms with van der Waals surface area (Å²) in [6.07, 6.45) is 12.1. The Balaban J connectivity index is 0.000000152. The Morgan fingerprint density at radius 2 is 0.935 bits per heavy atom. The third-order valence-corrected chi connectivity index (χ3v) is 22.6. The van der Waals surface area contributed by atoms with Gasteiger partial charge in [0.2, 0.25) is 0 Å². The summed E-state index contributed by atoms with van der Waals surface area (Å²) in [7, 11) is 2.00. The number of piperazine rings is 1.